The Balaban J connectivity index is 1.91. The second-order valence-electron chi connectivity index (χ2n) is 4.22. The molecule has 0 saturated carbocycles. The number of hydrogen-bond acceptors (Lipinski definition) is 4. The van der Waals surface area contributed by atoms with Gasteiger partial charge in [-0.3, -0.25) is 0 Å². The molecule has 0 aliphatic carbocycles. The van der Waals surface area contributed by atoms with E-state index in [4.69, 9.17) is 4.74 Å². The van der Waals surface area contributed by atoms with Gasteiger partial charge in [0, 0.05) is 24.0 Å². The van der Waals surface area contributed by atoms with Crippen LogP contribution in [0.1, 0.15) is 18.5 Å². The highest BCUT2D eigenvalue weighted by Crippen LogP contribution is 2.19. The van der Waals surface area contributed by atoms with Gasteiger partial charge in [-0.05, 0) is 30.9 Å². The van der Waals surface area contributed by atoms with Crippen LogP contribution in [-0.4, -0.2) is 37.6 Å². The lowest BCUT2D eigenvalue weighted by atomic mass is 10.1. The SMILES string of the molecule is CSc1ccc(C(C)NN2CCOCC2)cc1. The molecule has 2 rings (SSSR count). The molecule has 1 N–H and O–H groups in total. The summed E-state index contributed by atoms with van der Waals surface area (Å²) >= 11 is 1.78. The highest BCUT2D eigenvalue weighted by atomic mass is 32.2. The maximum absolute atomic E-state index is 5.33. The number of hydrazine groups is 1. The van der Waals surface area contributed by atoms with Gasteiger partial charge in [-0.15, -0.1) is 11.8 Å². The Hall–Kier alpha value is -0.550. The van der Waals surface area contributed by atoms with E-state index >= 15 is 0 Å². The van der Waals surface area contributed by atoms with Crippen LogP contribution in [0.15, 0.2) is 29.2 Å². The predicted molar refractivity (Wildman–Crippen MR) is 72.2 cm³/mol. The summed E-state index contributed by atoms with van der Waals surface area (Å²) in [5.74, 6) is 0. The number of rotatable bonds is 4. The maximum atomic E-state index is 5.33. The Bertz CT molecular complexity index is 336. The topological polar surface area (TPSA) is 24.5 Å². The van der Waals surface area contributed by atoms with Crippen molar-refractivity contribution in [3.05, 3.63) is 29.8 Å². The summed E-state index contributed by atoms with van der Waals surface area (Å²) in [6, 6.07) is 9.10. The molecule has 0 bridgehead atoms. The van der Waals surface area contributed by atoms with Gasteiger partial charge in [0.05, 0.1) is 13.2 Å². The Morgan fingerprint density at radius 1 is 1.24 bits per heavy atom. The molecular weight excluding hydrogens is 232 g/mol. The molecule has 4 heteroatoms. The minimum Gasteiger partial charge on any atom is -0.379 e. The van der Waals surface area contributed by atoms with Crippen molar-refractivity contribution in [1.82, 2.24) is 10.4 Å². The van der Waals surface area contributed by atoms with E-state index in [0.717, 1.165) is 26.3 Å². The third kappa shape index (κ3) is 3.71. The van der Waals surface area contributed by atoms with Gasteiger partial charge < -0.3 is 4.74 Å². The molecule has 1 unspecified atom stereocenters. The fraction of sp³-hybridized carbons (Fsp3) is 0.538. The Morgan fingerprint density at radius 2 is 1.88 bits per heavy atom. The largest absolute Gasteiger partial charge is 0.379 e. The summed E-state index contributed by atoms with van der Waals surface area (Å²) < 4.78 is 5.33. The van der Waals surface area contributed by atoms with Crippen molar-refractivity contribution in [3.8, 4) is 0 Å². The highest BCUT2D eigenvalue weighted by molar-refractivity contribution is 7.98. The van der Waals surface area contributed by atoms with Crippen LogP contribution in [0.25, 0.3) is 0 Å². The van der Waals surface area contributed by atoms with Crippen LogP contribution in [0.5, 0.6) is 0 Å². The van der Waals surface area contributed by atoms with E-state index in [2.05, 4.69) is 47.9 Å². The number of ether oxygens (including phenoxy) is 1. The van der Waals surface area contributed by atoms with Crippen molar-refractivity contribution < 1.29 is 4.74 Å². The van der Waals surface area contributed by atoms with Crippen LogP contribution in [-0.2, 0) is 4.74 Å². The summed E-state index contributed by atoms with van der Waals surface area (Å²) in [7, 11) is 0. The van der Waals surface area contributed by atoms with Crippen LogP contribution in [0.3, 0.4) is 0 Å². The monoisotopic (exact) mass is 252 g/mol. The van der Waals surface area contributed by atoms with Crippen molar-refractivity contribution in [2.75, 3.05) is 32.6 Å². The van der Waals surface area contributed by atoms with Gasteiger partial charge in [-0.2, -0.15) is 0 Å². The normalized spacial score (nSPS) is 19.2. The van der Waals surface area contributed by atoms with E-state index in [1.165, 1.54) is 10.5 Å². The summed E-state index contributed by atoms with van der Waals surface area (Å²) in [4.78, 5) is 1.31. The van der Waals surface area contributed by atoms with Gasteiger partial charge in [-0.25, -0.2) is 10.4 Å². The Labute approximate surface area is 107 Å². The molecule has 1 atom stereocenters. The van der Waals surface area contributed by atoms with Gasteiger partial charge in [0.1, 0.15) is 0 Å². The third-order valence-electron chi connectivity index (χ3n) is 3.00. The quantitative estimate of drug-likeness (QED) is 0.831. The van der Waals surface area contributed by atoms with Crippen molar-refractivity contribution in [1.29, 1.82) is 0 Å². The van der Waals surface area contributed by atoms with E-state index < -0.39 is 0 Å². The first-order chi connectivity index (χ1) is 8.29. The van der Waals surface area contributed by atoms with Gasteiger partial charge in [0.25, 0.3) is 0 Å². The lowest BCUT2D eigenvalue weighted by Gasteiger charge is -2.30. The summed E-state index contributed by atoms with van der Waals surface area (Å²) in [6.45, 7) is 5.78. The van der Waals surface area contributed by atoms with E-state index in [1.807, 2.05) is 0 Å². The average molecular weight is 252 g/mol. The summed E-state index contributed by atoms with van der Waals surface area (Å²) in [5, 5.41) is 2.25. The highest BCUT2D eigenvalue weighted by Gasteiger charge is 2.13. The molecule has 1 saturated heterocycles. The fourth-order valence-corrected chi connectivity index (χ4v) is 2.34. The molecule has 1 aromatic rings. The molecule has 1 heterocycles. The van der Waals surface area contributed by atoms with Gasteiger partial charge >= 0.3 is 0 Å². The molecule has 1 aliphatic heterocycles. The Morgan fingerprint density at radius 3 is 2.47 bits per heavy atom. The predicted octanol–water partition coefficient (Wildman–Crippen LogP) is 2.31. The molecule has 1 aromatic carbocycles. The molecule has 0 spiro atoms. The van der Waals surface area contributed by atoms with E-state index in [9.17, 15) is 0 Å². The minimum atomic E-state index is 0.351. The van der Waals surface area contributed by atoms with Crippen LogP contribution in [0.4, 0.5) is 0 Å². The molecule has 0 aromatic heterocycles. The van der Waals surface area contributed by atoms with Crippen LogP contribution < -0.4 is 5.43 Å². The van der Waals surface area contributed by atoms with Gasteiger partial charge in [0.2, 0.25) is 0 Å². The fourth-order valence-electron chi connectivity index (χ4n) is 1.93. The zero-order valence-electron chi connectivity index (χ0n) is 10.5. The van der Waals surface area contributed by atoms with Crippen molar-refractivity contribution >= 4 is 11.8 Å². The minimum absolute atomic E-state index is 0.351. The summed E-state index contributed by atoms with van der Waals surface area (Å²) in [5.41, 5.74) is 4.85. The second kappa shape index (κ2) is 6.40. The van der Waals surface area contributed by atoms with Crippen LogP contribution in [0.2, 0.25) is 0 Å². The molecule has 0 radical (unpaired) electrons. The average Bonchev–Trinajstić information content (AvgIpc) is 2.40. The Kier molecular flexibility index (Phi) is 4.86. The standard InChI is InChI=1S/C13H20N2OS/c1-11(14-15-7-9-16-10-8-15)12-3-5-13(17-2)6-4-12/h3-6,11,14H,7-10H2,1-2H3. The van der Waals surface area contributed by atoms with E-state index in [1.54, 1.807) is 11.8 Å². The lowest BCUT2D eigenvalue weighted by molar-refractivity contribution is 0.00484. The molecule has 3 nitrogen and oxygen atoms in total. The third-order valence-corrected chi connectivity index (χ3v) is 3.75. The first-order valence-electron chi connectivity index (χ1n) is 6.02. The first kappa shape index (κ1) is 12.9. The van der Waals surface area contributed by atoms with E-state index in [0.29, 0.717) is 6.04 Å². The number of nitrogens with one attached hydrogen (secondary N) is 1. The molecule has 94 valence electrons. The second-order valence-corrected chi connectivity index (χ2v) is 5.10. The lowest BCUT2D eigenvalue weighted by Crippen LogP contribution is -2.46. The maximum Gasteiger partial charge on any atom is 0.0608 e. The number of hydrogen-bond donors (Lipinski definition) is 1. The van der Waals surface area contributed by atoms with Gasteiger partial charge in [0.15, 0.2) is 0 Å². The molecule has 1 aliphatic rings. The van der Waals surface area contributed by atoms with Crippen molar-refractivity contribution in [2.24, 2.45) is 0 Å². The van der Waals surface area contributed by atoms with Crippen LogP contribution in [0, 0.1) is 0 Å². The zero-order chi connectivity index (χ0) is 12.1. The molecule has 17 heavy (non-hydrogen) atoms. The van der Waals surface area contributed by atoms with Crippen molar-refractivity contribution in [2.45, 2.75) is 17.9 Å². The zero-order valence-corrected chi connectivity index (χ0v) is 11.3. The summed E-state index contributed by atoms with van der Waals surface area (Å²) in [6.07, 6.45) is 2.10. The van der Waals surface area contributed by atoms with E-state index in [-0.39, 0.29) is 0 Å². The number of benzene rings is 1. The van der Waals surface area contributed by atoms with Gasteiger partial charge in [-0.1, -0.05) is 12.1 Å². The number of morpholine rings is 1. The smallest absolute Gasteiger partial charge is 0.0608 e. The molecule has 1 fully saturated rings. The molecular formula is C13H20N2OS. The van der Waals surface area contributed by atoms with Crippen LogP contribution >= 0.6 is 11.8 Å². The van der Waals surface area contributed by atoms with Crippen molar-refractivity contribution in [3.63, 3.8) is 0 Å². The number of nitrogens with zero attached hydrogens (tertiary/aromatic N) is 1. The first-order valence-corrected chi connectivity index (χ1v) is 7.25. The number of thioether (sulfide) groups is 1. The molecule has 0 amide bonds.